The summed E-state index contributed by atoms with van der Waals surface area (Å²) in [5, 5.41) is 4.05. The third kappa shape index (κ3) is 4.74. The van der Waals surface area contributed by atoms with Crippen molar-refractivity contribution in [3.8, 4) is 5.88 Å². The highest BCUT2D eigenvalue weighted by Crippen LogP contribution is 2.23. The van der Waals surface area contributed by atoms with E-state index < -0.39 is 0 Å². The summed E-state index contributed by atoms with van der Waals surface area (Å²) in [5.41, 5.74) is 0. The smallest absolute Gasteiger partial charge is 0.234 e. The summed E-state index contributed by atoms with van der Waals surface area (Å²) in [6.45, 7) is 6.42. The van der Waals surface area contributed by atoms with Crippen LogP contribution < -0.4 is 9.64 Å². The molecule has 2 aliphatic rings. The first-order valence-corrected chi connectivity index (χ1v) is 10.1. The molecule has 1 aliphatic heterocycles. The molecule has 4 rings (SSSR count). The summed E-state index contributed by atoms with van der Waals surface area (Å²) in [7, 11) is 0. The lowest BCUT2D eigenvalue weighted by molar-refractivity contribution is 0.148. The molecular formula is C19H28N6O2. The lowest BCUT2D eigenvalue weighted by Crippen LogP contribution is -2.46. The fourth-order valence-electron chi connectivity index (χ4n) is 3.73. The zero-order chi connectivity index (χ0) is 18.5. The molecule has 2 aromatic rings. The van der Waals surface area contributed by atoms with Crippen LogP contribution in [-0.2, 0) is 13.0 Å². The summed E-state index contributed by atoms with van der Waals surface area (Å²) in [6.07, 6.45) is 10.7. The Morgan fingerprint density at radius 3 is 2.63 bits per heavy atom. The molecule has 0 unspecified atom stereocenters. The maximum absolute atomic E-state index is 6.06. The molecule has 0 aromatic carbocycles. The molecule has 2 fully saturated rings. The van der Waals surface area contributed by atoms with Crippen LogP contribution in [0.2, 0.25) is 0 Å². The number of hydrogen-bond acceptors (Lipinski definition) is 8. The Labute approximate surface area is 159 Å². The van der Waals surface area contributed by atoms with E-state index in [0.717, 1.165) is 63.6 Å². The predicted octanol–water partition coefficient (Wildman–Crippen LogP) is 2.46. The van der Waals surface area contributed by atoms with Crippen molar-refractivity contribution in [3.05, 3.63) is 24.1 Å². The zero-order valence-electron chi connectivity index (χ0n) is 16.0. The third-order valence-corrected chi connectivity index (χ3v) is 5.31. The van der Waals surface area contributed by atoms with Crippen molar-refractivity contribution in [1.29, 1.82) is 0 Å². The van der Waals surface area contributed by atoms with Gasteiger partial charge < -0.3 is 14.2 Å². The van der Waals surface area contributed by atoms with E-state index in [-0.39, 0.29) is 0 Å². The number of aryl methyl sites for hydroxylation is 1. The minimum absolute atomic E-state index is 0.295. The summed E-state index contributed by atoms with van der Waals surface area (Å²) in [4.78, 5) is 18.1. The Morgan fingerprint density at radius 1 is 1.07 bits per heavy atom. The largest absolute Gasteiger partial charge is 0.473 e. The molecule has 8 heteroatoms. The van der Waals surface area contributed by atoms with Gasteiger partial charge in [0.1, 0.15) is 6.10 Å². The first-order chi connectivity index (χ1) is 13.3. The van der Waals surface area contributed by atoms with Crippen molar-refractivity contribution in [2.45, 2.75) is 58.1 Å². The Hall–Kier alpha value is -2.22. The van der Waals surface area contributed by atoms with E-state index in [1.165, 1.54) is 19.3 Å². The number of piperazine rings is 1. The van der Waals surface area contributed by atoms with E-state index in [0.29, 0.717) is 17.9 Å². The van der Waals surface area contributed by atoms with Crippen molar-refractivity contribution in [2.75, 3.05) is 31.1 Å². The predicted molar refractivity (Wildman–Crippen MR) is 101 cm³/mol. The highest BCUT2D eigenvalue weighted by atomic mass is 16.5. The summed E-state index contributed by atoms with van der Waals surface area (Å²) >= 11 is 0. The van der Waals surface area contributed by atoms with E-state index in [1.54, 1.807) is 6.20 Å². The van der Waals surface area contributed by atoms with Crippen molar-refractivity contribution in [1.82, 2.24) is 25.0 Å². The van der Waals surface area contributed by atoms with Gasteiger partial charge in [-0.05, 0) is 25.7 Å². The first kappa shape index (κ1) is 18.2. The molecule has 0 atom stereocenters. The van der Waals surface area contributed by atoms with Gasteiger partial charge in [-0.15, -0.1) is 0 Å². The molecule has 8 nitrogen and oxygen atoms in total. The van der Waals surface area contributed by atoms with Crippen molar-refractivity contribution in [3.63, 3.8) is 0 Å². The summed E-state index contributed by atoms with van der Waals surface area (Å²) < 4.78 is 11.3. The van der Waals surface area contributed by atoms with Crippen LogP contribution in [0.1, 0.15) is 50.7 Å². The van der Waals surface area contributed by atoms with Crippen LogP contribution in [0.25, 0.3) is 0 Å². The molecule has 0 N–H and O–H groups in total. The lowest BCUT2D eigenvalue weighted by Gasteiger charge is -2.34. The Kier molecular flexibility index (Phi) is 5.81. The Morgan fingerprint density at radius 2 is 1.89 bits per heavy atom. The molecule has 2 aromatic heterocycles. The molecule has 0 spiro atoms. The molecule has 0 amide bonds. The van der Waals surface area contributed by atoms with Crippen LogP contribution in [-0.4, -0.2) is 57.3 Å². The molecule has 1 saturated heterocycles. The van der Waals surface area contributed by atoms with Gasteiger partial charge in [0.25, 0.3) is 0 Å². The van der Waals surface area contributed by atoms with Crippen LogP contribution in [0, 0.1) is 0 Å². The van der Waals surface area contributed by atoms with Crippen molar-refractivity contribution in [2.24, 2.45) is 0 Å². The van der Waals surface area contributed by atoms with Gasteiger partial charge in [0.15, 0.2) is 11.6 Å². The Balaban J connectivity index is 1.30. The number of ether oxygens (including phenoxy) is 1. The maximum atomic E-state index is 6.06. The van der Waals surface area contributed by atoms with E-state index in [9.17, 15) is 0 Å². The monoisotopic (exact) mass is 372 g/mol. The van der Waals surface area contributed by atoms with E-state index in [2.05, 4.69) is 24.9 Å². The van der Waals surface area contributed by atoms with E-state index in [4.69, 9.17) is 14.2 Å². The topological polar surface area (TPSA) is 80.4 Å². The molecule has 3 heterocycles. The molecule has 1 aliphatic carbocycles. The summed E-state index contributed by atoms with van der Waals surface area (Å²) in [6, 6.07) is 0. The van der Waals surface area contributed by atoms with Gasteiger partial charge in [-0.25, -0.2) is 0 Å². The quantitative estimate of drug-likeness (QED) is 0.765. The van der Waals surface area contributed by atoms with Gasteiger partial charge in [0.05, 0.1) is 18.9 Å². The molecule has 0 radical (unpaired) electrons. The fraction of sp³-hybridized carbons (Fsp3) is 0.684. The third-order valence-electron chi connectivity index (χ3n) is 5.31. The first-order valence-electron chi connectivity index (χ1n) is 10.1. The maximum Gasteiger partial charge on any atom is 0.234 e. The lowest BCUT2D eigenvalue weighted by atomic mass is 9.98. The average molecular weight is 372 g/mol. The second-order valence-corrected chi connectivity index (χ2v) is 7.31. The molecule has 27 heavy (non-hydrogen) atoms. The number of hydrogen-bond donors (Lipinski definition) is 0. The van der Waals surface area contributed by atoms with Crippen molar-refractivity contribution >= 4 is 5.82 Å². The van der Waals surface area contributed by atoms with Crippen LogP contribution in [0.3, 0.4) is 0 Å². The second-order valence-electron chi connectivity index (χ2n) is 7.31. The SMILES string of the molecule is CCc1nc(CN2CCN(c3cncc(OC4CCCCC4)n3)CC2)no1. The molecule has 0 bridgehead atoms. The van der Waals surface area contributed by atoms with Crippen LogP contribution >= 0.6 is 0 Å². The van der Waals surface area contributed by atoms with E-state index in [1.807, 2.05) is 13.1 Å². The number of nitrogens with zero attached hydrogens (tertiary/aromatic N) is 6. The number of anilines is 1. The second kappa shape index (κ2) is 8.65. The standard InChI is InChI=1S/C19H28N6O2/c1-2-18-21-16(23-27-18)14-24-8-10-25(11-9-24)17-12-20-13-19(22-17)26-15-6-4-3-5-7-15/h12-13,15H,2-11,14H2,1H3. The van der Waals surface area contributed by atoms with Crippen LogP contribution in [0.15, 0.2) is 16.9 Å². The van der Waals surface area contributed by atoms with Gasteiger partial charge in [0, 0.05) is 32.6 Å². The van der Waals surface area contributed by atoms with Gasteiger partial charge in [-0.1, -0.05) is 18.5 Å². The normalized spacial score (nSPS) is 19.4. The highest BCUT2D eigenvalue weighted by molar-refractivity contribution is 5.38. The van der Waals surface area contributed by atoms with Gasteiger partial charge in [-0.2, -0.15) is 9.97 Å². The minimum Gasteiger partial charge on any atom is -0.473 e. The van der Waals surface area contributed by atoms with Gasteiger partial charge >= 0.3 is 0 Å². The fourth-order valence-corrected chi connectivity index (χ4v) is 3.73. The highest BCUT2D eigenvalue weighted by Gasteiger charge is 2.21. The van der Waals surface area contributed by atoms with Gasteiger partial charge in [-0.3, -0.25) is 9.88 Å². The van der Waals surface area contributed by atoms with Crippen molar-refractivity contribution < 1.29 is 9.26 Å². The molecular weight excluding hydrogens is 344 g/mol. The summed E-state index contributed by atoms with van der Waals surface area (Å²) in [5.74, 6) is 3.02. The number of rotatable bonds is 6. The van der Waals surface area contributed by atoms with Crippen LogP contribution in [0.5, 0.6) is 5.88 Å². The van der Waals surface area contributed by atoms with Crippen LogP contribution in [0.4, 0.5) is 5.82 Å². The average Bonchev–Trinajstić information content (AvgIpc) is 3.17. The number of aromatic nitrogens is 4. The molecule has 146 valence electrons. The van der Waals surface area contributed by atoms with Gasteiger partial charge in [0.2, 0.25) is 11.8 Å². The minimum atomic E-state index is 0.295. The van der Waals surface area contributed by atoms with E-state index >= 15 is 0 Å². The Bertz CT molecular complexity index is 722. The molecule has 1 saturated carbocycles. The zero-order valence-corrected chi connectivity index (χ0v) is 16.0.